The van der Waals surface area contributed by atoms with Crippen LogP contribution in [0, 0.1) is 5.92 Å². The molecule has 1 aromatic rings. The van der Waals surface area contributed by atoms with Crippen molar-refractivity contribution in [3.8, 4) is 0 Å². The average Bonchev–Trinajstić information content (AvgIpc) is 2.37. The Hall–Kier alpha value is -1.63. The van der Waals surface area contributed by atoms with Crippen molar-refractivity contribution < 1.29 is 0 Å². The van der Waals surface area contributed by atoms with Gasteiger partial charge < -0.3 is 11.1 Å². The Morgan fingerprint density at radius 2 is 2.06 bits per heavy atom. The summed E-state index contributed by atoms with van der Waals surface area (Å²) >= 11 is 0. The number of aryl methyl sites for hydroxylation is 1. The van der Waals surface area contributed by atoms with Crippen LogP contribution >= 0.6 is 0 Å². The standard InChI is InChI=1S/C11H21N5O2/c1-4-8(5-6-12)7-13-9-10(17)15(2)11(18)16(3)14-9/h8H,4-7,12H2,1-3H3,(H,13,14). The zero-order valence-corrected chi connectivity index (χ0v) is 11.1. The summed E-state index contributed by atoms with van der Waals surface area (Å²) in [7, 11) is 2.96. The summed E-state index contributed by atoms with van der Waals surface area (Å²) in [5.74, 6) is 0.605. The number of nitrogens with zero attached hydrogens (tertiary/aromatic N) is 3. The normalized spacial score (nSPS) is 12.4. The van der Waals surface area contributed by atoms with Gasteiger partial charge in [-0.15, -0.1) is 5.10 Å². The number of rotatable bonds is 6. The molecule has 0 radical (unpaired) electrons. The third-order valence-corrected chi connectivity index (χ3v) is 3.03. The maximum absolute atomic E-state index is 11.8. The predicted molar refractivity (Wildman–Crippen MR) is 70.7 cm³/mol. The molecule has 0 aliphatic rings. The lowest BCUT2D eigenvalue weighted by Crippen LogP contribution is -2.40. The Balaban J connectivity index is 2.86. The third kappa shape index (κ3) is 3.19. The Labute approximate surface area is 106 Å². The minimum atomic E-state index is -0.431. The van der Waals surface area contributed by atoms with Gasteiger partial charge in [0, 0.05) is 20.6 Å². The predicted octanol–water partition coefficient (Wildman–Crippen LogP) is -0.734. The SMILES string of the molecule is CCC(CCN)CNc1nn(C)c(=O)n(C)c1=O. The van der Waals surface area contributed by atoms with E-state index in [1.54, 1.807) is 0 Å². The van der Waals surface area contributed by atoms with Gasteiger partial charge in [0.15, 0.2) is 0 Å². The van der Waals surface area contributed by atoms with Gasteiger partial charge in [0.05, 0.1) is 0 Å². The maximum atomic E-state index is 11.8. The number of hydrogen-bond donors (Lipinski definition) is 2. The number of aromatic nitrogens is 3. The van der Waals surface area contributed by atoms with E-state index in [0.717, 1.165) is 22.1 Å². The van der Waals surface area contributed by atoms with Crippen LogP contribution in [0.3, 0.4) is 0 Å². The first-order chi connectivity index (χ1) is 8.51. The van der Waals surface area contributed by atoms with Crippen LogP contribution < -0.4 is 22.3 Å². The molecule has 1 atom stereocenters. The third-order valence-electron chi connectivity index (χ3n) is 3.03. The lowest BCUT2D eigenvalue weighted by atomic mass is 10.0. The second-order valence-corrected chi connectivity index (χ2v) is 4.35. The molecule has 1 heterocycles. The molecule has 1 aromatic heterocycles. The summed E-state index contributed by atoms with van der Waals surface area (Å²) in [4.78, 5) is 23.3. The first-order valence-electron chi connectivity index (χ1n) is 6.09. The topological polar surface area (TPSA) is 94.9 Å². The number of anilines is 1. The van der Waals surface area contributed by atoms with Crippen molar-refractivity contribution >= 4 is 5.82 Å². The van der Waals surface area contributed by atoms with Gasteiger partial charge in [-0.3, -0.25) is 9.36 Å². The molecule has 1 unspecified atom stereocenters. The highest BCUT2D eigenvalue weighted by atomic mass is 16.2. The van der Waals surface area contributed by atoms with Crippen LogP contribution in [-0.2, 0) is 14.1 Å². The molecule has 0 fully saturated rings. The largest absolute Gasteiger partial charge is 0.364 e. The van der Waals surface area contributed by atoms with Crippen molar-refractivity contribution in [3.63, 3.8) is 0 Å². The molecule has 0 aromatic carbocycles. The van der Waals surface area contributed by atoms with Crippen molar-refractivity contribution in [2.75, 3.05) is 18.4 Å². The van der Waals surface area contributed by atoms with E-state index in [1.807, 2.05) is 0 Å². The first kappa shape index (κ1) is 14.4. The van der Waals surface area contributed by atoms with Crippen molar-refractivity contribution in [3.05, 3.63) is 20.8 Å². The van der Waals surface area contributed by atoms with Crippen LogP contribution in [0.5, 0.6) is 0 Å². The summed E-state index contributed by atoms with van der Waals surface area (Å²) in [6.45, 7) is 3.33. The summed E-state index contributed by atoms with van der Waals surface area (Å²) in [6.07, 6.45) is 1.88. The smallest absolute Gasteiger partial charge is 0.346 e. The molecule has 0 bridgehead atoms. The van der Waals surface area contributed by atoms with Gasteiger partial charge in [-0.05, 0) is 18.9 Å². The molecule has 18 heavy (non-hydrogen) atoms. The molecule has 0 aliphatic carbocycles. The Morgan fingerprint density at radius 3 is 2.61 bits per heavy atom. The first-order valence-corrected chi connectivity index (χ1v) is 6.09. The summed E-state index contributed by atoms with van der Waals surface area (Å²) < 4.78 is 2.19. The molecule has 0 amide bonds. The highest BCUT2D eigenvalue weighted by Gasteiger charge is 2.10. The highest BCUT2D eigenvalue weighted by Crippen LogP contribution is 2.07. The van der Waals surface area contributed by atoms with Gasteiger partial charge in [0.25, 0.3) is 5.56 Å². The van der Waals surface area contributed by atoms with Crippen LogP contribution in [0.2, 0.25) is 0 Å². The highest BCUT2D eigenvalue weighted by molar-refractivity contribution is 5.29. The number of nitrogens with two attached hydrogens (primary N) is 1. The van der Waals surface area contributed by atoms with E-state index in [4.69, 9.17) is 5.73 Å². The summed E-state index contributed by atoms with van der Waals surface area (Å²) in [5, 5.41) is 6.93. The van der Waals surface area contributed by atoms with Gasteiger partial charge in [0.1, 0.15) is 0 Å². The quantitative estimate of drug-likeness (QED) is 0.698. The molecule has 102 valence electrons. The number of nitrogens with one attached hydrogen (secondary N) is 1. The van der Waals surface area contributed by atoms with Gasteiger partial charge in [0.2, 0.25) is 5.82 Å². The van der Waals surface area contributed by atoms with Crippen molar-refractivity contribution in [1.29, 1.82) is 0 Å². The van der Waals surface area contributed by atoms with E-state index in [1.165, 1.54) is 14.1 Å². The van der Waals surface area contributed by atoms with Crippen molar-refractivity contribution in [2.24, 2.45) is 25.7 Å². The average molecular weight is 255 g/mol. The fourth-order valence-electron chi connectivity index (χ4n) is 1.74. The van der Waals surface area contributed by atoms with E-state index in [0.29, 0.717) is 19.0 Å². The van der Waals surface area contributed by atoms with E-state index >= 15 is 0 Å². The lowest BCUT2D eigenvalue weighted by molar-refractivity contribution is 0.498. The van der Waals surface area contributed by atoms with Gasteiger partial charge in [-0.2, -0.15) is 0 Å². The minimum Gasteiger partial charge on any atom is -0.364 e. The van der Waals surface area contributed by atoms with Crippen molar-refractivity contribution in [1.82, 2.24) is 14.3 Å². The summed E-state index contributed by atoms with van der Waals surface area (Å²) in [6, 6.07) is 0. The molecule has 0 saturated carbocycles. The maximum Gasteiger partial charge on any atom is 0.346 e. The van der Waals surface area contributed by atoms with E-state index in [2.05, 4.69) is 17.3 Å². The Bertz CT molecular complexity index is 505. The van der Waals surface area contributed by atoms with E-state index in [-0.39, 0.29) is 5.82 Å². The Kier molecular flexibility index (Phi) is 5.08. The molecule has 1 rings (SSSR count). The van der Waals surface area contributed by atoms with Gasteiger partial charge in [-0.1, -0.05) is 13.3 Å². The fraction of sp³-hybridized carbons (Fsp3) is 0.727. The van der Waals surface area contributed by atoms with E-state index < -0.39 is 11.2 Å². The van der Waals surface area contributed by atoms with Crippen LogP contribution in [0.1, 0.15) is 19.8 Å². The molecule has 3 N–H and O–H groups in total. The van der Waals surface area contributed by atoms with Crippen LogP contribution in [0.4, 0.5) is 5.82 Å². The molecule has 7 nitrogen and oxygen atoms in total. The lowest BCUT2D eigenvalue weighted by Gasteiger charge is -2.15. The minimum absolute atomic E-state index is 0.204. The zero-order chi connectivity index (χ0) is 13.7. The zero-order valence-electron chi connectivity index (χ0n) is 11.1. The summed E-state index contributed by atoms with van der Waals surface area (Å²) in [5.41, 5.74) is 4.68. The second-order valence-electron chi connectivity index (χ2n) is 4.35. The van der Waals surface area contributed by atoms with Crippen LogP contribution in [0.15, 0.2) is 9.59 Å². The molecule has 0 aliphatic heterocycles. The monoisotopic (exact) mass is 255 g/mol. The van der Waals surface area contributed by atoms with Gasteiger partial charge >= 0.3 is 5.69 Å². The molecule has 0 spiro atoms. The molecule has 0 saturated heterocycles. The number of hydrogen-bond acceptors (Lipinski definition) is 5. The Morgan fingerprint density at radius 1 is 1.39 bits per heavy atom. The van der Waals surface area contributed by atoms with Crippen LogP contribution in [-0.4, -0.2) is 27.4 Å². The van der Waals surface area contributed by atoms with E-state index in [9.17, 15) is 9.59 Å². The van der Waals surface area contributed by atoms with Crippen LogP contribution in [0.25, 0.3) is 0 Å². The second kappa shape index (κ2) is 6.34. The molecule has 7 heteroatoms. The van der Waals surface area contributed by atoms with Crippen molar-refractivity contribution in [2.45, 2.75) is 19.8 Å². The van der Waals surface area contributed by atoms with Gasteiger partial charge in [-0.25, -0.2) is 9.48 Å². The fourth-order valence-corrected chi connectivity index (χ4v) is 1.74. The molecular weight excluding hydrogens is 234 g/mol. The molecular formula is C11H21N5O2.